The van der Waals surface area contributed by atoms with Crippen molar-refractivity contribution in [2.75, 3.05) is 31.7 Å². The second kappa shape index (κ2) is 8.99. The summed E-state index contributed by atoms with van der Waals surface area (Å²) in [7, 11) is -1.65. The number of H-pyrrole nitrogens is 1. The fraction of sp³-hybridized carbons (Fsp3) is 0.571. The van der Waals surface area contributed by atoms with Crippen LogP contribution in [0.25, 0.3) is 10.9 Å². The minimum Gasteiger partial charge on any atom is -0.497 e. The van der Waals surface area contributed by atoms with E-state index in [2.05, 4.69) is 4.98 Å². The second-order valence-electron chi connectivity index (χ2n) is 7.61. The fourth-order valence-electron chi connectivity index (χ4n) is 3.95. The summed E-state index contributed by atoms with van der Waals surface area (Å²) in [5, 5.41) is 1.16. The first-order chi connectivity index (χ1) is 13.4. The van der Waals surface area contributed by atoms with Gasteiger partial charge in [0.15, 0.2) is 9.84 Å². The molecule has 1 N–H and O–H groups in total. The van der Waals surface area contributed by atoms with Crippen molar-refractivity contribution >= 4 is 26.6 Å². The largest absolute Gasteiger partial charge is 0.497 e. The Morgan fingerprint density at radius 2 is 2.00 bits per heavy atom. The molecule has 0 bridgehead atoms. The number of unbranched alkanes of at least 4 members (excludes halogenated alkanes) is 2. The van der Waals surface area contributed by atoms with Gasteiger partial charge in [-0.3, -0.25) is 4.79 Å². The van der Waals surface area contributed by atoms with Crippen LogP contribution in [-0.4, -0.2) is 55.9 Å². The van der Waals surface area contributed by atoms with E-state index in [4.69, 9.17) is 4.74 Å². The Morgan fingerprint density at radius 3 is 2.68 bits per heavy atom. The lowest BCUT2D eigenvalue weighted by Gasteiger charge is -2.32. The highest BCUT2D eigenvalue weighted by Crippen LogP contribution is 2.34. The van der Waals surface area contributed by atoms with Crippen LogP contribution >= 0.6 is 0 Å². The molecular weight excluding hydrogens is 376 g/mol. The minimum absolute atomic E-state index is 0.111. The molecule has 2 aromatic rings. The first kappa shape index (κ1) is 20.7. The second-order valence-corrected chi connectivity index (χ2v) is 9.79. The summed E-state index contributed by atoms with van der Waals surface area (Å²) in [5.74, 6) is 0.683. The molecule has 0 saturated carbocycles. The summed E-state index contributed by atoms with van der Waals surface area (Å²) in [4.78, 5) is 17.5. The third-order valence-electron chi connectivity index (χ3n) is 5.61. The average molecular weight is 407 g/mol. The number of carbonyl (C=O) groups excluding carboxylic acids is 1. The maximum absolute atomic E-state index is 12.5. The van der Waals surface area contributed by atoms with E-state index in [1.807, 2.05) is 31.3 Å². The average Bonchev–Trinajstić information content (AvgIpc) is 3.11. The van der Waals surface area contributed by atoms with Crippen molar-refractivity contribution in [3.8, 4) is 5.75 Å². The zero-order chi connectivity index (χ0) is 20.1. The van der Waals surface area contributed by atoms with Crippen LogP contribution in [0.3, 0.4) is 0 Å². The molecule has 154 valence electrons. The van der Waals surface area contributed by atoms with E-state index >= 15 is 0 Å². The van der Waals surface area contributed by atoms with Gasteiger partial charge >= 0.3 is 0 Å². The molecule has 1 aromatic heterocycles. The van der Waals surface area contributed by atoms with Gasteiger partial charge in [-0.15, -0.1) is 0 Å². The number of rotatable bonds is 8. The number of aromatic nitrogens is 1. The Hall–Kier alpha value is -2.02. The number of piperidine rings is 1. The monoisotopic (exact) mass is 406 g/mol. The summed E-state index contributed by atoms with van der Waals surface area (Å²) < 4.78 is 29.6. The van der Waals surface area contributed by atoms with Gasteiger partial charge in [0.2, 0.25) is 5.91 Å². The summed E-state index contributed by atoms with van der Waals surface area (Å²) in [5.41, 5.74) is 2.32. The molecule has 0 radical (unpaired) electrons. The lowest BCUT2D eigenvalue weighted by atomic mass is 9.89. The number of aromatic amines is 1. The van der Waals surface area contributed by atoms with Gasteiger partial charge in [-0.05, 0) is 48.9 Å². The first-order valence-corrected chi connectivity index (χ1v) is 11.9. The fourth-order valence-corrected chi connectivity index (χ4v) is 5.30. The van der Waals surface area contributed by atoms with E-state index in [9.17, 15) is 13.2 Å². The SMILES string of the molecule is CCCCCS(=O)(=O)CC(=O)N1CCC(c2c[nH]c3ccc(OC)cc23)CC1. The Bertz CT molecular complexity index is 912. The van der Waals surface area contributed by atoms with E-state index in [1.165, 1.54) is 5.56 Å². The first-order valence-electron chi connectivity index (χ1n) is 10.1. The number of benzene rings is 1. The molecule has 0 spiro atoms. The number of amides is 1. The quantitative estimate of drug-likeness (QED) is 0.681. The van der Waals surface area contributed by atoms with Gasteiger partial charge in [-0.1, -0.05) is 19.8 Å². The number of ether oxygens (including phenoxy) is 1. The van der Waals surface area contributed by atoms with Crippen LogP contribution in [0.4, 0.5) is 0 Å². The molecular formula is C21H30N2O4S. The molecule has 1 saturated heterocycles. The predicted octanol–water partition coefficient (Wildman–Crippen LogP) is 3.49. The molecule has 1 aliphatic rings. The van der Waals surface area contributed by atoms with E-state index in [0.29, 0.717) is 25.4 Å². The molecule has 1 amide bonds. The molecule has 1 fully saturated rings. The van der Waals surface area contributed by atoms with Crippen LogP contribution in [0.1, 0.15) is 50.5 Å². The van der Waals surface area contributed by atoms with Gasteiger partial charge < -0.3 is 14.6 Å². The Labute approximate surface area is 167 Å². The van der Waals surface area contributed by atoms with Gasteiger partial charge in [0, 0.05) is 30.2 Å². The summed E-state index contributed by atoms with van der Waals surface area (Å²) in [6.07, 6.45) is 6.21. The number of fused-ring (bicyclic) bond motifs is 1. The number of hydrogen-bond acceptors (Lipinski definition) is 4. The summed E-state index contributed by atoms with van der Waals surface area (Å²) in [6, 6.07) is 5.99. The van der Waals surface area contributed by atoms with Gasteiger partial charge in [-0.2, -0.15) is 0 Å². The van der Waals surface area contributed by atoms with Crippen molar-refractivity contribution < 1.29 is 17.9 Å². The van der Waals surface area contributed by atoms with Crippen LogP contribution in [-0.2, 0) is 14.6 Å². The van der Waals surface area contributed by atoms with Crippen LogP contribution < -0.4 is 4.74 Å². The molecule has 3 rings (SSSR count). The van der Waals surface area contributed by atoms with Crippen LogP contribution in [0.2, 0.25) is 0 Å². The van der Waals surface area contributed by atoms with Crippen molar-refractivity contribution in [1.29, 1.82) is 0 Å². The van der Waals surface area contributed by atoms with Crippen LogP contribution in [0, 0.1) is 0 Å². The van der Waals surface area contributed by atoms with Crippen molar-refractivity contribution in [1.82, 2.24) is 9.88 Å². The van der Waals surface area contributed by atoms with E-state index in [0.717, 1.165) is 42.3 Å². The van der Waals surface area contributed by atoms with Gasteiger partial charge in [0.25, 0.3) is 0 Å². The lowest BCUT2D eigenvalue weighted by Crippen LogP contribution is -2.41. The molecule has 1 aliphatic heterocycles. The minimum atomic E-state index is -3.31. The molecule has 2 heterocycles. The number of nitrogens with zero attached hydrogens (tertiary/aromatic N) is 1. The maximum Gasteiger partial charge on any atom is 0.237 e. The maximum atomic E-state index is 12.5. The van der Waals surface area contributed by atoms with E-state index in [-0.39, 0.29) is 17.4 Å². The predicted molar refractivity (Wildman–Crippen MR) is 112 cm³/mol. The topological polar surface area (TPSA) is 79.5 Å². The van der Waals surface area contributed by atoms with Gasteiger partial charge in [0.1, 0.15) is 11.5 Å². The molecule has 28 heavy (non-hydrogen) atoms. The Balaban J connectivity index is 1.59. The Morgan fingerprint density at radius 1 is 1.25 bits per heavy atom. The number of methoxy groups -OCH3 is 1. The normalized spacial score (nSPS) is 15.9. The molecule has 1 aromatic carbocycles. The van der Waals surface area contributed by atoms with Crippen molar-refractivity contribution in [2.45, 2.75) is 44.9 Å². The number of carbonyl (C=O) groups is 1. The smallest absolute Gasteiger partial charge is 0.237 e. The third kappa shape index (κ3) is 4.87. The van der Waals surface area contributed by atoms with Crippen molar-refractivity contribution in [3.63, 3.8) is 0 Å². The highest BCUT2D eigenvalue weighted by atomic mass is 32.2. The zero-order valence-electron chi connectivity index (χ0n) is 16.7. The van der Waals surface area contributed by atoms with Gasteiger partial charge in [-0.25, -0.2) is 8.42 Å². The molecule has 0 aliphatic carbocycles. The van der Waals surface area contributed by atoms with Crippen molar-refractivity contribution in [3.05, 3.63) is 30.0 Å². The van der Waals surface area contributed by atoms with Crippen molar-refractivity contribution in [2.24, 2.45) is 0 Å². The molecule has 6 nitrogen and oxygen atoms in total. The highest BCUT2D eigenvalue weighted by molar-refractivity contribution is 7.92. The summed E-state index contributed by atoms with van der Waals surface area (Å²) in [6.45, 7) is 3.24. The van der Waals surface area contributed by atoms with E-state index < -0.39 is 9.84 Å². The number of likely N-dealkylation sites (tertiary alicyclic amines) is 1. The standard InChI is InChI=1S/C21H30N2O4S/c1-3-4-5-12-28(25,26)15-21(24)23-10-8-16(9-11-23)19-14-22-20-7-6-17(27-2)13-18(19)20/h6-7,13-14,16,22H,3-5,8-12,15H2,1-2H3. The number of nitrogens with one attached hydrogen (secondary N) is 1. The van der Waals surface area contributed by atoms with E-state index in [1.54, 1.807) is 12.0 Å². The molecule has 0 atom stereocenters. The van der Waals surface area contributed by atoms with Crippen LogP contribution in [0.15, 0.2) is 24.4 Å². The summed E-state index contributed by atoms with van der Waals surface area (Å²) >= 11 is 0. The highest BCUT2D eigenvalue weighted by Gasteiger charge is 2.28. The lowest BCUT2D eigenvalue weighted by molar-refractivity contribution is -0.129. The zero-order valence-corrected chi connectivity index (χ0v) is 17.6. The molecule has 0 unspecified atom stereocenters. The Kier molecular flexibility index (Phi) is 6.65. The number of sulfone groups is 1. The number of hydrogen-bond donors (Lipinski definition) is 1. The van der Waals surface area contributed by atoms with Gasteiger partial charge in [0.05, 0.1) is 12.9 Å². The van der Waals surface area contributed by atoms with Crippen LogP contribution in [0.5, 0.6) is 5.75 Å². The third-order valence-corrected chi connectivity index (χ3v) is 7.21. The molecule has 7 heteroatoms.